The summed E-state index contributed by atoms with van der Waals surface area (Å²) >= 11 is 0. The van der Waals surface area contributed by atoms with Gasteiger partial charge in [-0.2, -0.15) is 0 Å². The predicted octanol–water partition coefficient (Wildman–Crippen LogP) is -0.0937. The third kappa shape index (κ3) is 1.92. The highest BCUT2D eigenvalue weighted by Gasteiger charge is 2.14. The topological polar surface area (TPSA) is 113 Å². The number of primary amides is 1. The number of hydrogen-bond donors (Lipinski definition) is 4. The highest BCUT2D eigenvalue weighted by molar-refractivity contribution is 6.05. The van der Waals surface area contributed by atoms with E-state index in [0.29, 0.717) is 0 Å². The number of amides is 3. The molecule has 0 aliphatic rings. The molecule has 0 heterocycles. The van der Waals surface area contributed by atoms with Crippen molar-refractivity contribution >= 4 is 11.9 Å². The summed E-state index contributed by atoms with van der Waals surface area (Å²) in [5.74, 6) is -1.90. The van der Waals surface area contributed by atoms with E-state index in [1.807, 2.05) is 0 Å². The van der Waals surface area contributed by atoms with Gasteiger partial charge in [-0.3, -0.25) is 10.1 Å². The summed E-state index contributed by atoms with van der Waals surface area (Å²) in [6, 6.07) is 2.77. The molecule has 5 N–H and O–H groups in total. The van der Waals surface area contributed by atoms with Gasteiger partial charge in [0.05, 0.1) is 5.56 Å². The third-order valence-electron chi connectivity index (χ3n) is 1.50. The van der Waals surface area contributed by atoms with E-state index in [2.05, 4.69) is 0 Å². The second kappa shape index (κ2) is 3.65. The van der Waals surface area contributed by atoms with Crippen LogP contribution < -0.4 is 11.1 Å². The minimum atomic E-state index is -1.03. The van der Waals surface area contributed by atoms with Gasteiger partial charge in [0, 0.05) is 0 Å². The van der Waals surface area contributed by atoms with Crippen molar-refractivity contribution in [2.75, 3.05) is 0 Å². The third-order valence-corrected chi connectivity index (χ3v) is 1.50. The average Bonchev–Trinajstić information content (AvgIpc) is 2.08. The Labute approximate surface area is 79.0 Å². The number of rotatable bonds is 1. The van der Waals surface area contributed by atoms with E-state index in [9.17, 15) is 14.7 Å². The molecule has 74 valence electrons. The standard InChI is InChI=1S/C8H8N2O4/c9-8(14)10-7(13)4-2-1-3-5(11)6(4)12/h1-3,11-12H,(H3,9,10,13,14). The molecule has 0 spiro atoms. The fraction of sp³-hybridized carbons (Fsp3) is 0. The van der Waals surface area contributed by atoms with Gasteiger partial charge in [-0.15, -0.1) is 0 Å². The molecule has 0 bridgehead atoms. The Morgan fingerprint density at radius 3 is 2.50 bits per heavy atom. The van der Waals surface area contributed by atoms with E-state index in [1.165, 1.54) is 18.2 Å². The van der Waals surface area contributed by atoms with Crippen LogP contribution in [-0.4, -0.2) is 22.2 Å². The van der Waals surface area contributed by atoms with Gasteiger partial charge in [-0.05, 0) is 12.1 Å². The van der Waals surface area contributed by atoms with Gasteiger partial charge < -0.3 is 15.9 Å². The molecule has 6 nitrogen and oxygen atoms in total. The van der Waals surface area contributed by atoms with Crippen molar-refractivity contribution in [3.63, 3.8) is 0 Å². The van der Waals surface area contributed by atoms with E-state index < -0.39 is 23.4 Å². The molecule has 0 atom stereocenters. The highest BCUT2D eigenvalue weighted by atomic mass is 16.3. The largest absolute Gasteiger partial charge is 0.504 e. The number of phenolic OH excluding ortho intramolecular Hbond substituents is 2. The van der Waals surface area contributed by atoms with Crippen molar-refractivity contribution in [1.29, 1.82) is 0 Å². The van der Waals surface area contributed by atoms with Crippen LogP contribution in [0.5, 0.6) is 11.5 Å². The van der Waals surface area contributed by atoms with Gasteiger partial charge in [-0.1, -0.05) is 6.07 Å². The van der Waals surface area contributed by atoms with Crippen molar-refractivity contribution in [2.24, 2.45) is 5.73 Å². The van der Waals surface area contributed by atoms with Gasteiger partial charge >= 0.3 is 6.03 Å². The molecule has 0 radical (unpaired) electrons. The molecular weight excluding hydrogens is 188 g/mol. The second-order valence-corrected chi connectivity index (χ2v) is 2.49. The zero-order valence-electron chi connectivity index (χ0n) is 7.02. The van der Waals surface area contributed by atoms with Gasteiger partial charge in [-0.25, -0.2) is 4.79 Å². The van der Waals surface area contributed by atoms with Crippen LogP contribution in [0, 0.1) is 0 Å². The van der Waals surface area contributed by atoms with Crippen molar-refractivity contribution in [3.8, 4) is 11.5 Å². The number of nitrogens with two attached hydrogens (primary N) is 1. The Bertz CT molecular complexity index is 389. The van der Waals surface area contributed by atoms with Crippen molar-refractivity contribution < 1.29 is 19.8 Å². The molecule has 1 rings (SSSR count). The summed E-state index contributed by atoms with van der Waals surface area (Å²) in [6.07, 6.45) is 0. The summed E-state index contributed by atoms with van der Waals surface area (Å²) in [6.45, 7) is 0. The van der Waals surface area contributed by atoms with Gasteiger partial charge in [0.2, 0.25) is 0 Å². The second-order valence-electron chi connectivity index (χ2n) is 2.49. The molecule has 0 unspecified atom stereocenters. The first-order valence-electron chi connectivity index (χ1n) is 3.64. The van der Waals surface area contributed by atoms with Crippen LogP contribution in [0.3, 0.4) is 0 Å². The number of phenols is 2. The summed E-state index contributed by atoms with van der Waals surface area (Å²) in [4.78, 5) is 21.5. The summed E-state index contributed by atoms with van der Waals surface area (Å²) in [5, 5.41) is 20.0. The lowest BCUT2D eigenvalue weighted by Crippen LogP contribution is -2.34. The molecule has 14 heavy (non-hydrogen) atoms. The summed E-state index contributed by atoms with van der Waals surface area (Å²) < 4.78 is 0. The molecule has 6 heteroatoms. The first-order chi connectivity index (χ1) is 6.52. The zero-order chi connectivity index (χ0) is 10.7. The van der Waals surface area contributed by atoms with Crippen LogP contribution in [-0.2, 0) is 0 Å². The van der Waals surface area contributed by atoms with Crippen LogP contribution in [0.15, 0.2) is 18.2 Å². The monoisotopic (exact) mass is 196 g/mol. The molecule has 0 fully saturated rings. The van der Waals surface area contributed by atoms with E-state index >= 15 is 0 Å². The number of carbonyl (C=O) groups excluding carboxylic acids is 2. The molecule has 0 aromatic heterocycles. The molecule has 3 amide bonds. The van der Waals surface area contributed by atoms with Gasteiger partial charge in [0.25, 0.3) is 5.91 Å². The Balaban J connectivity index is 3.01. The van der Waals surface area contributed by atoms with Gasteiger partial charge in [0.1, 0.15) is 0 Å². The lowest BCUT2D eigenvalue weighted by molar-refractivity contribution is 0.0963. The number of carbonyl (C=O) groups is 2. The Hall–Kier alpha value is -2.24. The van der Waals surface area contributed by atoms with Crippen LogP contribution >= 0.6 is 0 Å². The first kappa shape index (κ1) is 9.85. The zero-order valence-corrected chi connectivity index (χ0v) is 7.02. The number of nitrogens with one attached hydrogen (secondary N) is 1. The molecule has 0 saturated carbocycles. The molecule has 0 saturated heterocycles. The lowest BCUT2D eigenvalue weighted by Gasteiger charge is -2.04. The number of imide groups is 1. The molecule has 0 aliphatic carbocycles. The fourth-order valence-electron chi connectivity index (χ4n) is 0.894. The van der Waals surface area contributed by atoms with Crippen LogP contribution in [0.4, 0.5) is 4.79 Å². The van der Waals surface area contributed by atoms with Crippen molar-refractivity contribution in [1.82, 2.24) is 5.32 Å². The van der Waals surface area contributed by atoms with E-state index in [1.54, 1.807) is 5.32 Å². The smallest absolute Gasteiger partial charge is 0.319 e. The Morgan fingerprint density at radius 1 is 1.29 bits per heavy atom. The molecular formula is C8H8N2O4. The van der Waals surface area contributed by atoms with Gasteiger partial charge in [0.15, 0.2) is 11.5 Å². The Morgan fingerprint density at radius 2 is 1.93 bits per heavy atom. The van der Waals surface area contributed by atoms with Crippen LogP contribution in [0.2, 0.25) is 0 Å². The number of benzene rings is 1. The number of para-hydroxylation sites is 1. The normalized spacial score (nSPS) is 9.43. The summed E-state index contributed by atoms with van der Waals surface area (Å²) in [7, 11) is 0. The maximum atomic E-state index is 11.1. The number of urea groups is 1. The van der Waals surface area contributed by atoms with E-state index in [0.717, 1.165) is 0 Å². The quantitative estimate of drug-likeness (QED) is 0.470. The maximum absolute atomic E-state index is 11.1. The molecule has 0 aliphatic heterocycles. The van der Waals surface area contributed by atoms with E-state index in [-0.39, 0.29) is 5.56 Å². The minimum absolute atomic E-state index is 0.219. The van der Waals surface area contributed by atoms with Crippen LogP contribution in [0.25, 0.3) is 0 Å². The average molecular weight is 196 g/mol. The predicted molar refractivity (Wildman–Crippen MR) is 46.8 cm³/mol. The van der Waals surface area contributed by atoms with Crippen molar-refractivity contribution in [2.45, 2.75) is 0 Å². The Kier molecular flexibility index (Phi) is 2.57. The van der Waals surface area contributed by atoms with Crippen LogP contribution in [0.1, 0.15) is 10.4 Å². The molecule has 1 aromatic rings. The van der Waals surface area contributed by atoms with Crippen molar-refractivity contribution in [3.05, 3.63) is 23.8 Å². The first-order valence-corrected chi connectivity index (χ1v) is 3.64. The number of aromatic hydroxyl groups is 2. The maximum Gasteiger partial charge on any atom is 0.319 e. The minimum Gasteiger partial charge on any atom is -0.504 e. The number of hydrogen-bond acceptors (Lipinski definition) is 4. The summed E-state index contributed by atoms with van der Waals surface area (Å²) in [5.41, 5.74) is 4.49. The SMILES string of the molecule is NC(=O)NC(=O)c1cccc(O)c1O. The lowest BCUT2D eigenvalue weighted by atomic mass is 10.2. The van der Waals surface area contributed by atoms with E-state index in [4.69, 9.17) is 10.8 Å². The fourth-order valence-corrected chi connectivity index (χ4v) is 0.894. The molecule has 1 aromatic carbocycles. The highest BCUT2D eigenvalue weighted by Crippen LogP contribution is 2.27.